The van der Waals surface area contributed by atoms with Crippen molar-refractivity contribution in [2.24, 2.45) is 0 Å². The first-order valence-electron chi connectivity index (χ1n) is 6.97. The summed E-state index contributed by atoms with van der Waals surface area (Å²) in [5.41, 5.74) is 7.60. The molecule has 3 heterocycles. The lowest BCUT2D eigenvalue weighted by Crippen LogP contribution is -2.35. The fourth-order valence-corrected chi connectivity index (χ4v) is 2.67. The largest absolute Gasteiger partial charge is 0.443 e. The summed E-state index contributed by atoms with van der Waals surface area (Å²) in [4.78, 5) is 11.1. The quantitative estimate of drug-likeness (QED) is 0.861. The van der Waals surface area contributed by atoms with Gasteiger partial charge in [0.15, 0.2) is 0 Å². The Hall–Kier alpha value is -1.66. The summed E-state index contributed by atoms with van der Waals surface area (Å²) in [6.45, 7) is 6.23. The number of hydrogen-bond donors (Lipinski definition) is 2. The van der Waals surface area contributed by atoms with Crippen molar-refractivity contribution >= 4 is 16.9 Å². The molecular formula is C14H20N4O2. The molecule has 3 N–H and O–H groups in total. The number of nitrogens with two attached hydrogens (primary N) is 1. The average molecular weight is 276 g/mol. The second-order valence-electron chi connectivity index (χ2n) is 5.50. The summed E-state index contributed by atoms with van der Waals surface area (Å²) in [5.74, 6) is 2.00. The molecule has 0 saturated carbocycles. The van der Waals surface area contributed by atoms with Crippen LogP contribution in [0.25, 0.3) is 11.1 Å². The van der Waals surface area contributed by atoms with Crippen LogP contribution in [0.3, 0.4) is 0 Å². The third-order valence-electron chi connectivity index (χ3n) is 4.03. The van der Waals surface area contributed by atoms with Gasteiger partial charge in [0.25, 0.3) is 0 Å². The van der Waals surface area contributed by atoms with E-state index in [4.69, 9.17) is 10.2 Å². The molecule has 1 saturated heterocycles. The summed E-state index contributed by atoms with van der Waals surface area (Å²) in [6.07, 6.45) is 1.43. The van der Waals surface area contributed by atoms with E-state index < -0.39 is 0 Å². The Bertz CT molecular complexity index is 630. The maximum atomic E-state index is 9.52. The van der Waals surface area contributed by atoms with Gasteiger partial charge in [-0.2, -0.15) is 4.98 Å². The van der Waals surface area contributed by atoms with Crippen LogP contribution in [0.1, 0.15) is 30.0 Å². The minimum absolute atomic E-state index is 0.171. The number of fused-ring (bicyclic) bond motifs is 1. The number of aromatic nitrogens is 2. The normalized spacial score (nSPS) is 17.9. The number of aliphatic hydroxyl groups excluding tert-OH is 1. The van der Waals surface area contributed by atoms with E-state index in [1.807, 2.05) is 13.8 Å². The highest BCUT2D eigenvalue weighted by molar-refractivity contribution is 5.88. The van der Waals surface area contributed by atoms with Crippen molar-refractivity contribution in [2.75, 3.05) is 18.8 Å². The number of rotatable bonds is 2. The van der Waals surface area contributed by atoms with E-state index in [1.54, 1.807) is 0 Å². The van der Waals surface area contributed by atoms with Gasteiger partial charge < -0.3 is 15.3 Å². The van der Waals surface area contributed by atoms with Crippen LogP contribution < -0.4 is 5.73 Å². The van der Waals surface area contributed by atoms with Gasteiger partial charge in [-0.3, -0.25) is 4.90 Å². The maximum absolute atomic E-state index is 9.52. The van der Waals surface area contributed by atoms with E-state index >= 15 is 0 Å². The van der Waals surface area contributed by atoms with Gasteiger partial charge >= 0.3 is 0 Å². The Balaban J connectivity index is 1.85. The van der Waals surface area contributed by atoms with E-state index in [1.165, 1.54) is 0 Å². The molecule has 2 aromatic rings. The van der Waals surface area contributed by atoms with Crippen molar-refractivity contribution in [1.29, 1.82) is 0 Å². The van der Waals surface area contributed by atoms with Crippen LogP contribution in [0.4, 0.5) is 5.82 Å². The van der Waals surface area contributed by atoms with Crippen LogP contribution in [0.2, 0.25) is 0 Å². The van der Waals surface area contributed by atoms with E-state index in [0.717, 1.165) is 42.6 Å². The molecule has 20 heavy (non-hydrogen) atoms. The Morgan fingerprint density at radius 2 is 2.00 bits per heavy atom. The second kappa shape index (κ2) is 5.03. The van der Waals surface area contributed by atoms with Crippen LogP contribution >= 0.6 is 0 Å². The molecule has 0 aliphatic carbocycles. The topological polar surface area (TPSA) is 88.4 Å². The van der Waals surface area contributed by atoms with E-state index in [9.17, 15) is 5.11 Å². The van der Waals surface area contributed by atoms with Gasteiger partial charge in [0, 0.05) is 18.7 Å². The zero-order valence-corrected chi connectivity index (χ0v) is 11.9. The van der Waals surface area contributed by atoms with Gasteiger partial charge in [0.2, 0.25) is 5.71 Å². The molecule has 6 heteroatoms. The van der Waals surface area contributed by atoms with Gasteiger partial charge in [0.1, 0.15) is 17.4 Å². The van der Waals surface area contributed by atoms with E-state index in [2.05, 4.69) is 14.9 Å². The summed E-state index contributed by atoms with van der Waals surface area (Å²) in [7, 11) is 0. The van der Waals surface area contributed by atoms with Crippen LogP contribution in [0.5, 0.6) is 0 Å². The van der Waals surface area contributed by atoms with Gasteiger partial charge in [-0.1, -0.05) is 0 Å². The molecule has 0 bridgehead atoms. The molecule has 0 aromatic carbocycles. The standard InChI is InChI=1S/C14H20N4O2/c1-8-9(2)20-14-12(8)13(15)16-11(17-14)7-18-5-3-10(19)4-6-18/h10,19H,3-7H2,1-2H3,(H2,15,16,17). The third kappa shape index (κ3) is 2.36. The molecule has 1 aliphatic heterocycles. The van der Waals surface area contributed by atoms with Crippen molar-refractivity contribution in [3.63, 3.8) is 0 Å². The number of aryl methyl sites for hydroxylation is 2. The first-order valence-corrected chi connectivity index (χ1v) is 6.97. The van der Waals surface area contributed by atoms with Crippen molar-refractivity contribution in [3.05, 3.63) is 17.1 Å². The van der Waals surface area contributed by atoms with Crippen molar-refractivity contribution < 1.29 is 9.52 Å². The highest BCUT2D eigenvalue weighted by Gasteiger charge is 2.19. The molecule has 0 amide bonds. The first kappa shape index (κ1) is 13.3. The molecule has 6 nitrogen and oxygen atoms in total. The summed E-state index contributed by atoms with van der Waals surface area (Å²) in [6, 6.07) is 0. The lowest BCUT2D eigenvalue weighted by molar-refractivity contribution is 0.0780. The number of nitrogen functional groups attached to an aromatic ring is 1. The van der Waals surface area contributed by atoms with Crippen molar-refractivity contribution in [2.45, 2.75) is 39.3 Å². The SMILES string of the molecule is Cc1oc2nc(CN3CCC(O)CC3)nc(N)c2c1C. The Morgan fingerprint density at radius 1 is 1.30 bits per heavy atom. The maximum Gasteiger partial charge on any atom is 0.231 e. The van der Waals surface area contributed by atoms with Gasteiger partial charge in [-0.25, -0.2) is 4.98 Å². The lowest BCUT2D eigenvalue weighted by Gasteiger charge is -2.28. The molecule has 1 aliphatic rings. The van der Waals surface area contributed by atoms with Crippen molar-refractivity contribution in [1.82, 2.24) is 14.9 Å². The molecule has 0 spiro atoms. The molecule has 3 rings (SSSR count). The number of nitrogens with zero attached hydrogens (tertiary/aromatic N) is 3. The molecular weight excluding hydrogens is 256 g/mol. The minimum atomic E-state index is -0.171. The molecule has 0 atom stereocenters. The summed E-state index contributed by atoms with van der Waals surface area (Å²) in [5, 5.41) is 10.3. The third-order valence-corrected chi connectivity index (χ3v) is 4.03. The average Bonchev–Trinajstić information content (AvgIpc) is 2.68. The van der Waals surface area contributed by atoms with Crippen LogP contribution in [0.15, 0.2) is 4.42 Å². The zero-order chi connectivity index (χ0) is 14.3. The molecule has 0 radical (unpaired) electrons. The van der Waals surface area contributed by atoms with Crippen LogP contribution in [-0.2, 0) is 6.54 Å². The van der Waals surface area contributed by atoms with E-state index in [0.29, 0.717) is 23.9 Å². The monoisotopic (exact) mass is 276 g/mol. The van der Waals surface area contributed by atoms with E-state index in [-0.39, 0.29) is 6.10 Å². The fraction of sp³-hybridized carbons (Fsp3) is 0.571. The number of aliphatic hydroxyl groups is 1. The summed E-state index contributed by atoms with van der Waals surface area (Å²) < 4.78 is 5.64. The fourth-order valence-electron chi connectivity index (χ4n) is 2.67. The molecule has 2 aromatic heterocycles. The first-order chi connectivity index (χ1) is 9.54. The second-order valence-corrected chi connectivity index (χ2v) is 5.50. The van der Waals surface area contributed by atoms with Gasteiger partial charge in [0.05, 0.1) is 18.0 Å². The Kier molecular flexibility index (Phi) is 3.35. The predicted octanol–water partition coefficient (Wildman–Crippen LogP) is 1.38. The molecule has 1 fully saturated rings. The number of piperidine rings is 1. The lowest BCUT2D eigenvalue weighted by atomic mass is 10.1. The zero-order valence-electron chi connectivity index (χ0n) is 11.9. The minimum Gasteiger partial charge on any atom is -0.443 e. The van der Waals surface area contributed by atoms with Gasteiger partial charge in [-0.15, -0.1) is 0 Å². The van der Waals surface area contributed by atoms with Crippen LogP contribution in [0, 0.1) is 13.8 Å². The molecule has 108 valence electrons. The number of likely N-dealkylation sites (tertiary alicyclic amines) is 1. The highest BCUT2D eigenvalue weighted by Crippen LogP contribution is 2.27. The summed E-state index contributed by atoms with van der Waals surface area (Å²) >= 11 is 0. The Labute approximate surface area is 117 Å². The number of furan rings is 1. The smallest absolute Gasteiger partial charge is 0.231 e. The number of hydrogen-bond acceptors (Lipinski definition) is 6. The van der Waals surface area contributed by atoms with Crippen LogP contribution in [-0.4, -0.2) is 39.2 Å². The predicted molar refractivity (Wildman–Crippen MR) is 76.2 cm³/mol. The Morgan fingerprint density at radius 3 is 2.70 bits per heavy atom. The van der Waals surface area contributed by atoms with Gasteiger partial charge in [-0.05, 0) is 26.7 Å². The van der Waals surface area contributed by atoms with Crippen molar-refractivity contribution in [3.8, 4) is 0 Å². The molecule has 0 unspecified atom stereocenters. The highest BCUT2D eigenvalue weighted by atomic mass is 16.3. The number of anilines is 1.